The Hall–Kier alpha value is -5.47. The van der Waals surface area contributed by atoms with E-state index in [1.54, 1.807) is 9.36 Å². The van der Waals surface area contributed by atoms with E-state index in [0.717, 1.165) is 28.1 Å². The number of aryl methyl sites for hydroxylation is 4. The summed E-state index contributed by atoms with van der Waals surface area (Å²) in [6.07, 6.45) is 0. The predicted molar refractivity (Wildman–Crippen MR) is 179 cm³/mol. The van der Waals surface area contributed by atoms with Crippen LogP contribution in [0.4, 0.5) is 22.7 Å². The van der Waals surface area contributed by atoms with E-state index in [9.17, 15) is 5.26 Å². The molecule has 1 N–H and O–H groups in total. The first-order valence-corrected chi connectivity index (χ1v) is 17.7. The van der Waals surface area contributed by atoms with Gasteiger partial charge in [-0.3, -0.25) is 0 Å². The fourth-order valence-corrected chi connectivity index (χ4v) is 9.05. The Morgan fingerprint density at radius 2 is 1.12 bits per heavy atom. The Bertz CT molecular complexity index is 2170. The van der Waals surface area contributed by atoms with E-state index in [-0.39, 0.29) is 17.1 Å². The number of nitrogens with zero attached hydrogens (tertiary/aromatic N) is 8. The van der Waals surface area contributed by atoms with E-state index in [1.165, 1.54) is 0 Å². The molecule has 4 aromatic carbocycles. The van der Waals surface area contributed by atoms with Crippen molar-refractivity contribution in [3.05, 3.63) is 131 Å². The number of fused-ring (bicyclic) bond motifs is 4. The van der Waals surface area contributed by atoms with E-state index in [2.05, 4.69) is 20.5 Å². The molecule has 2 atom stereocenters. The van der Waals surface area contributed by atoms with Gasteiger partial charge in [-0.2, -0.15) is 0 Å². The van der Waals surface area contributed by atoms with Gasteiger partial charge in [0.05, 0.1) is 0 Å². The van der Waals surface area contributed by atoms with Gasteiger partial charge in [-0.15, -0.1) is 0 Å². The van der Waals surface area contributed by atoms with Crippen LogP contribution in [0.25, 0.3) is 11.4 Å². The number of benzene rings is 4. The average Bonchev–Trinajstić information content (AvgIpc) is 3.61. The van der Waals surface area contributed by atoms with Crippen LogP contribution in [0.1, 0.15) is 38.7 Å². The van der Waals surface area contributed by atoms with Gasteiger partial charge in [0, 0.05) is 0 Å². The summed E-state index contributed by atoms with van der Waals surface area (Å²) in [6, 6.07) is 30.8. The van der Waals surface area contributed by atoms with Crippen LogP contribution < -0.4 is 7.70 Å². The van der Waals surface area contributed by atoms with Crippen LogP contribution >= 0.6 is 0 Å². The van der Waals surface area contributed by atoms with Gasteiger partial charge >= 0.3 is 286 Å². The second-order valence-electron chi connectivity index (χ2n) is 11.8. The maximum absolute atomic E-state index is 11.0. The Morgan fingerprint density at radius 1 is 0.633 bits per heavy atom. The van der Waals surface area contributed by atoms with Crippen molar-refractivity contribution in [1.82, 2.24) is 19.6 Å². The zero-order chi connectivity index (χ0) is 33.7. The molecule has 49 heavy (non-hydrogen) atoms. The summed E-state index contributed by atoms with van der Waals surface area (Å²) in [5.74, 6) is 0.579. The molecule has 0 fully saturated rings. The summed E-state index contributed by atoms with van der Waals surface area (Å²) in [7, 11) is 0. The standard InChI is InChI=1S/C18H17N4O3.C18H17N4O.Co/c1-12-7-9-15(10-8-12)22-18(23)17(13(2)21-22)20-19-16-6-4-3-5-14(16)11-25-24;1-12-8-10-15(11-9-12)22-18(23)17(14(3)21-22)20-19-16-7-5-4-6-13(16)2;/h3-11,23-24H,1-2H3;4-11,23H,2H2,1,3H3;/q;;+2/p-2. The Labute approximate surface area is 285 Å². The van der Waals surface area contributed by atoms with Crippen LogP contribution in [0.2, 0.25) is 0 Å². The minimum absolute atomic E-state index is 0.148. The number of aromatic nitrogens is 4. The van der Waals surface area contributed by atoms with Crippen molar-refractivity contribution in [3.8, 4) is 23.1 Å². The molecule has 2 unspecified atom stereocenters. The molecule has 2 aliphatic rings. The summed E-state index contributed by atoms with van der Waals surface area (Å²) >= 11 is -3.61. The molecule has 0 saturated heterocycles. The molecule has 4 heterocycles. The first-order valence-electron chi connectivity index (χ1n) is 15.5. The molecule has 0 radical (unpaired) electrons. The third kappa shape index (κ3) is 5.42. The van der Waals surface area contributed by atoms with Crippen LogP contribution in [0.5, 0.6) is 11.8 Å². The van der Waals surface area contributed by atoms with E-state index < -0.39 is 18.3 Å². The van der Waals surface area contributed by atoms with Crippen LogP contribution in [-0.4, -0.2) is 24.8 Å². The van der Waals surface area contributed by atoms with Crippen molar-refractivity contribution in [3.63, 3.8) is 0 Å². The molecule has 2 aliphatic heterocycles. The van der Waals surface area contributed by atoms with Gasteiger partial charge in [0.2, 0.25) is 0 Å². The topological polar surface area (TPSA) is 133 Å². The zero-order valence-corrected chi connectivity index (χ0v) is 28.1. The summed E-state index contributed by atoms with van der Waals surface area (Å²) in [5, 5.41) is 38.4. The van der Waals surface area contributed by atoms with E-state index in [4.69, 9.17) is 22.8 Å². The van der Waals surface area contributed by atoms with Gasteiger partial charge in [0.15, 0.2) is 0 Å². The third-order valence-corrected chi connectivity index (χ3v) is 11.5. The first kappa shape index (κ1) is 30.8. The Morgan fingerprint density at radius 3 is 1.67 bits per heavy atom. The van der Waals surface area contributed by atoms with Gasteiger partial charge in [-0.1, -0.05) is 0 Å². The van der Waals surface area contributed by atoms with Crippen LogP contribution in [0.3, 0.4) is 0 Å². The molecule has 0 amide bonds. The number of rotatable bonds is 3. The molecule has 13 heteroatoms. The zero-order valence-electron chi connectivity index (χ0n) is 27.1. The average molecular weight is 700 g/mol. The number of azo groups is 2. The molecule has 1 spiro atoms. The van der Waals surface area contributed by atoms with Gasteiger partial charge < -0.3 is 0 Å². The van der Waals surface area contributed by atoms with Crippen LogP contribution in [0.15, 0.2) is 118 Å². The van der Waals surface area contributed by atoms with Crippen molar-refractivity contribution in [2.45, 2.75) is 38.1 Å². The first-order chi connectivity index (χ1) is 23.8. The van der Waals surface area contributed by atoms with E-state index >= 15 is 0 Å². The molecule has 0 saturated carbocycles. The molecule has 0 aliphatic carbocycles. The van der Waals surface area contributed by atoms with Gasteiger partial charge in [-0.25, -0.2) is 0 Å². The van der Waals surface area contributed by atoms with Gasteiger partial charge in [0.1, 0.15) is 0 Å². The quantitative estimate of drug-likeness (QED) is 0.145. The van der Waals surface area contributed by atoms with Crippen LogP contribution in [-0.2, 0) is 23.5 Å². The third-order valence-electron chi connectivity index (χ3n) is 8.21. The maximum atomic E-state index is 11.0. The van der Waals surface area contributed by atoms with Gasteiger partial charge in [0.25, 0.3) is 0 Å². The van der Waals surface area contributed by atoms with Crippen molar-refractivity contribution >= 4 is 22.7 Å². The van der Waals surface area contributed by atoms with Crippen molar-refractivity contribution in [2.24, 2.45) is 20.5 Å². The van der Waals surface area contributed by atoms with E-state index in [1.807, 2.05) is 125 Å². The molecular formula is C36H32CoN8O4. The summed E-state index contributed by atoms with van der Waals surface area (Å²) < 4.78 is 18.0. The summed E-state index contributed by atoms with van der Waals surface area (Å²) in [4.78, 5) is 5.50. The summed E-state index contributed by atoms with van der Waals surface area (Å²) in [5.41, 5.74) is 8.12. The molecule has 2 aromatic heterocycles. The number of hydrogen-bond acceptors (Lipinski definition) is 10. The molecule has 8 rings (SSSR count). The molecule has 6 aromatic rings. The van der Waals surface area contributed by atoms with Crippen molar-refractivity contribution < 1.29 is 31.1 Å². The van der Waals surface area contributed by atoms with Crippen LogP contribution in [0, 0.1) is 27.7 Å². The summed E-state index contributed by atoms with van der Waals surface area (Å²) in [6.45, 7) is 7.75. The monoisotopic (exact) mass is 699 g/mol. The molecular weight excluding hydrogens is 667 g/mol. The van der Waals surface area contributed by atoms with Crippen molar-refractivity contribution in [1.29, 1.82) is 0 Å². The predicted octanol–water partition coefficient (Wildman–Crippen LogP) is 9.58. The molecule has 249 valence electrons. The SMILES string of the molecule is Cc1ccc(-n2nc(C)c3c2[O][Co]2([CH2]c4ccccc4N=N3)[O]c3c(c(C)nn3-c3ccc(C)cc3)N=Nc3ccccc3[CH]2OO)cc1. The Kier molecular flexibility index (Phi) is 7.68. The second kappa shape index (κ2) is 12.2. The van der Waals surface area contributed by atoms with E-state index in [0.29, 0.717) is 39.7 Å². The molecule has 0 bridgehead atoms. The normalized spacial score (nSPS) is 19.2. The fourth-order valence-electron chi connectivity index (χ4n) is 5.60. The Balaban J connectivity index is 1.45. The fraction of sp³-hybridized carbons (Fsp3) is 0.167. The number of hydrogen-bond donors (Lipinski definition) is 1. The second-order valence-corrected chi connectivity index (χ2v) is 14.8. The molecule has 12 nitrogen and oxygen atoms in total. The van der Waals surface area contributed by atoms with Gasteiger partial charge in [-0.05, 0) is 0 Å². The minimum atomic E-state index is -3.61. The van der Waals surface area contributed by atoms with Crippen molar-refractivity contribution in [2.75, 3.05) is 0 Å².